The number of benzene rings is 1. The average molecular weight is 252 g/mol. The van der Waals surface area contributed by atoms with Crippen molar-refractivity contribution in [3.05, 3.63) is 23.8 Å². The van der Waals surface area contributed by atoms with Crippen LogP contribution in [0.1, 0.15) is 17.3 Å². The lowest BCUT2D eigenvalue weighted by atomic mass is 10.1. The molecule has 0 aliphatic rings. The third-order valence-corrected chi connectivity index (χ3v) is 2.15. The summed E-state index contributed by atoms with van der Waals surface area (Å²) < 4.78 is 4.52. The van der Waals surface area contributed by atoms with Crippen molar-refractivity contribution >= 4 is 29.0 Å². The summed E-state index contributed by atoms with van der Waals surface area (Å²) in [4.78, 5) is 33.5. The summed E-state index contributed by atoms with van der Waals surface area (Å²) in [7, 11) is 1.18. The van der Waals surface area contributed by atoms with Gasteiger partial charge in [-0.2, -0.15) is 0 Å². The summed E-state index contributed by atoms with van der Waals surface area (Å²) in [6.07, 6.45) is 0. The number of para-hydroxylation sites is 1. The molecule has 7 nitrogen and oxygen atoms in total. The van der Waals surface area contributed by atoms with Crippen LogP contribution in [0, 0.1) is 0 Å². The Bertz CT molecular complexity index is 498. The Labute approximate surface area is 103 Å². The second-order valence-corrected chi connectivity index (χ2v) is 3.34. The van der Waals surface area contributed by atoms with Crippen LogP contribution < -0.4 is 10.8 Å². The lowest BCUT2D eigenvalue weighted by Crippen LogP contribution is -2.21. The number of carbonyl (C=O) groups is 3. The number of rotatable bonds is 4. The first kappa shape index (κ1) is 13.7. The molecule has 7 heteroatoms. The van der Waals surface area contributed by atoms with Gasteiger partial charge in [-0.05, 0) is 12.1 Å². The van der Waals surface area contributed by atoms with Gasteiger partial charge in [0, 0.05) is 6.92 Å². The minimum atomic E-state index is -0.853. The monoisotopic (exact) mass is 252 g/mol. The molecule has 1 aromatic carbocycles. The molecule has 0 radical (unpaired) electrons. The maximum absolute atomic E-state index is 11.4. The molecule has 1 amide bonds. The Kier molecular flexibility index (Phi) is 4.39. The van der Waals surface area contributed by atoms with Gasteiger partial charge in [0.15, 0.2) is 0 Å². The van der Waals surface area contributed by atoms with Crippen molar-refractivity contribution in [2.75, 3.05) is 17.9 Å². The molecule has 0 aromatic heterocycles. The minimum absolute atomic E-state index is 0.0290. The highest BCUT2D eigenvalue weighted by Crippen LogP contribution is 2.26. The van der Waals surface area contributed by atoms with Crippen LogP contribution in [0.25, 0.3) is 0 Å². The molecule has 1 rings (SSSR count). The van der Waals surface area contributed by atoms with E-state index in [1.165, 1.54) is 25.3 Å². The van der Waals surface area contributed by atoms with Crippen molar-refractivity contribution in [3.8, 4) is 0 Å². The predicted molar refractivity (Wildman–Crippen MR) is 62.5 cm³/mol. The van der Waals surface area contributed by atoms with Gasteiger partial charge in [0.25, 0.3) is 5.91 Å². The van der Waals surface area contributed by atoms with E-state index in [0.29, 0.717) is 0 Å². The molecule has 18 heavy (non-hydrogen) atoms. The Morgan fingerprint density at radius 3 is 2.44 bits per heavy atom. The average Bonchev–Trinajstić information content (AvgIpc) is 2.37. The molecular formula is C11H12N2O5. The summed E-state index contributed by atoms with van der Waals surface area (Å²) >= 11 is 0. The normalized spacial score (nSPS) is 9.50. The van der Waals surface area contributed by atoms with Crippen molar-refractivity contribution in [1.29, 1.82) is 0 Å². The van der Waals surface area contributed by atoms with Crippen molar-refractivity contribution in [3.63, 3.8) is 0 Å². The van der Waals surface area contributed by atoms with E-state index in [0.717, 1.165) is 6.92 Å². The number of ether oxygens (including phenoxy) is 1. The lowest BCUT2D eigenvalue weighted by Gasteiger charge is -2.12. The lowest BCUT2D eigenvalue weighted by molar-refractivity contribution is -0.133. The van der Waals surface area contributed by atoms with E-state index in [4.69, 9.17) is 5.21 Å². The van der Waals surface area contributed by atoms with Gasteiger partial charge < -0.3 is 10.1 Å². The van der Waals surface area contributed by atoms with Crippen molar-refractivity contribution in [1.82, 2.24) is 0 Å². The van der Waals surface area contributed by atoms with E-state index in [-0.39, 0.29) is 16.9 Å². The first-order valence-corrected chi connectivity index (χ1v) is 4.94. The number of methoxy groups -OCH3 is 1. The number of nitrogens with one attached hydrogen (secondary N) is 2. The fourth-order valence-electron chi connectivity index (χ4n) is 1.27. The zero-order valence-electron chi connectivity index (χ0n) is 9.81. The predicted octanol–water partition coefficient (Wildman–Crippen LogP) is 0.802. The van der Waals surface area contributed by atoms with Crippen LogP contribution in [0.4, 0.5) is 11.4 Å². The maximum atomic E-state index is 11.4. The number of hydrogen-bond acceptors (Lipinski definition) is 6. The number of esters is 1. The first-order valence-electron chi connectivity index (χ1n) is 4.94. The van der Waals surface area contributed by atoms with Crippen molar-refractivity contribution < 1.29 is 24.3 Å². The minimum Gasteiger partial charge on any atom is -0.465 e. The van der Waals surface area contributed by atoms with E-state index in [2.05, 4.69) is 10.1 Å². The summed E-state index contributed by atoms with van der Waals surface area (Å²) in [5.41, 5.74) is 1.88. The SMILES string of the molecule is COC(=O)c1cccc(NC(=O)C(C)=O)c1NO. The third kappa shape index (κ3) is 2.83. The highest BCUT2D eigenvalue weighted by atomic mass is 16.5. The van der Waals surface area contributed by atoms with E-state index in [1.807, 2.05) is 0 Å². The summed E-state index contributed by atoms with van der Waals surface area (Å²) in [6, 6.07) is 4.29. The van der Waals surface area contributed by atoms with Gasteiger partial charge >= 0.3 is 5.97 Å². The van der Waals surface area contributed by atoms with Gasteiger partial charge in [-0.3, -0.25) is 20.3 Å². The zero-order chi connectivity index (χ0) is 13.7. The van der Waals surface area contributed by atoms with Crippen LogP contribution >= 0.6 is 0 Å². The molecule has 0 saturated heterocycles. The van der Waals surface area contributed by atoms with E-state index in [9.17, 15) is 14.4 Å². The van der Waals surface area contributed by atoms with Gasteiger partial charge in [0.05, 0.1) is 24.0 Å². The fraction of sp³-hybridized carbons (Fsp3) is 0.182. The van der Waals surface area contributed by atoms with Gasteiger partial charge in [-0.15, -0.1) is 0 Å². The van der Waals surface area contributed by atoms with Crippen molar-refractivity contribution in [2.45, 2.75) is 6.92 Å². The molecular weight excluding hydrogens is 240 g/mol. The maximum Gasteiger partial charge on any atom is 0.340 e. The Hall–Kier alpha value is -2.41. The molecule has 0 fully saturated rings. The molecule has 0 atom stereocenters. The third-order valence-electron chi connectivity index (χ3n) is 2.15. The van der Waals surface area contributed by atoms with Crippen LogP contribution in [0.15, 0.2) is 18.2 Å². The summed E-state index contributed by atoms with van der Waals surface area (Å²) in [5, 5.41) is 11.3. The molecule has 0 bridgehead atoms. The fourth-order valence-corrected chi connectivity index (χ4v) is 1.27. The largest absolute Gasteiger partial charge is 0.465 e. The van der Waals surface area contributed by atoms with Crippen LogP contribution in [-0.4, -0.2) is 30.0 Å². The molecule has 3 N–H and O–H groups in total. The van der Waals surface area contributed by atoms with Crippen LogP contribution in [0.5, 0.6) is 0 Å². The zero-order valence-corrected chi connectivity index (χ0v) is 9.81. The van der Waals surface area contributed by atoms with E-state index in [1.54, 1.807) is 5.48 Å². The molecule has 0 spiro atoms. The Morgan fingerprint density at radius 2 is 1.94 bits per heavy atom. The Balaban J connectivity index is 3.16. The summed E-state index contributed by atoms with van der Waals surface area (Å²) in [6.45, 7) is 1.10. The molecule has 0 saturated carbocycles. The van der Waals surface area contributed by atoms with Crippen LogP contribution in [-0.2, 0) is 14.3 Å². The van der Waals surface area contributed by atoms with Gasteiger partial charge in [0.2, 0.25) is 5.78 Å². The quantitative estimate of drug-likeness (QED) is 0.416. The topological polar surface area (TPSA) is 105 Å². The van der Waals surface area contributed by atoms with Gasteiger partial charge in [-0.1, -0.05) is 6.07 Å². The van der Waals surface area contributed by atoms with Crippen LogP contribution in [0.3, 0.4) is 0 Å². The van der Waals surface area contributed by atoms with E-state index >= 15 is 0 Å². The highest BCUT2D eigenvalue weighted by Gasteiger charge is 2.17. The molecule has 96 valence electrons. The molecule has 0 unspecified atom stereocenters. The smallest absolute Gasteiger partial charge is 0.340 e. The van der Waals surface area contributed by atoms with Crippen molar-refractivity contribution in [2.24, 2.45) is 0 Å². The molecule has 0 heterocycles. The highest BCUT2D eigenvalue weighted by molar-refractivity contribution is 6.40. The standard InChI is InChI=1S/C11H12N2O5/c1-6(14)10(15)12-8-5-3-4-7(9(8)13-17)11(16)18-2/h3-5,13,17H,1-2H3,(H,12,15). The van der Waals surface area contributed by atoms with E-state index < -0.39 is 17.7 Å². The van der Waals surface area contributed by atoms with Crippen LogP contribution in [0.2, 0.25) is 0 Å². The number of Topliss-reactive ketones (excluding diaryl/α,β-unsaturated/α-hetero) is 1. The first-order chi connectivity index (χ1) is 8.51. The number of hydrogen-bond donors (Lipinski definition) is 3. The number of ketones is 1. The number of anilines is 2. The second kappa shape index (κ2) is 5.78. The number of carbonyl (C=O) groups excluding carboxylic acids is 3. The van der Waals surface area contributed by atoms with Gasteiger partial charge in [0.1, 0.15) is 0 Å². The van der Waals surface area contributed by atoms with Gasteiger partial charge in [-0.25, -0.2) is 4.79 Å². The summed E-state index contributed by atoms with van der Waals surface area (Å²) in [5.74, 6) is -2.23. The number of amides is 1. The molecule has 1 aromatic rings. The molecule has 0 aliphatic carbocycles. The molecule has 0 aliphatic heterocycles. The Morgan fingerprint density at radius 1 is 1.28 bits per heavy atom. The second-order valence-electron chi connectivity index (χ2n) is 3.34.